The predicted octanol–water partition coefficient (Wildman–Crippen LogP) is 0.235. The van der Waals surface area contributed by atoms with E-state index in [1.165, 1.54) is 0 Å². The van der Waals surface area contributed by atoms with Gasteiger partial charge >= 0.3 is 5.97 Å². The Morgan fingerprint density at radius 2 is 1.82 bits per heavy atom. The van der Waals surface area contributed by atoms with Crippen molar-refractivity contribution in [2.75, 3.05) is 17.3 Å². The van der Waals surface area contributed by atoms with Gasteiger partial charge in [-0.2, -0.15) is 37.9 Å². The molecule has 0 saturated carbocycles. The van der Waals surface area contributed by atoms with Gasteiger partial charge in [-0.1, -0.05) is 0 Å². The number of nitrogens with zero attached hydrogens (tertiary/aromatic N) is 1. The average molecular weight is 334 g/mol. The quantitative estimate of drug-likeness (QED) is 0.356. The first-order chi connectivity index (χ1) is 7.81. The Hall–Kier alpha value is 0.650. The van der Waals surface area contributed by atoms with E-state index in [9.17, 15) is 4.79 Å². The molecule has 2 atom stereocenters. The van der Waals surface area contributed by atoms with E-state index >= 15 is 0 Å². The van der Waals surface area contributed by atoms with Gasteiger partial charge < -0.3 is 10.4 Å². The van der Waals surface area contributed by atoms with Crippen molar-refractivity contribution in [1.29, 1.82) is 0 Å². The highest BCUT2D eigenvalue weighted by molar-refractivity contribution is 7.86. The van der Waals surface area contributed by atoms with Gasteiger partial charge in [-0.3, -0.25) is 10.1 Å². The number of hydrogen-bond donors (Lipinski definition) is 8. The molecule has 0 radical (unpaired) electrons. The molecule has 1 rings (SSSR count). The second-order valence-electron chi connectivity index (χ2n) is 3.07. The molecule has 1 heterocycles. The van der Waals surface area contributed by atoms with Gasteiger partial charge in [0.15, 0.2) is 4.99 Å². The molecule has 1 aliphatic rings. The summed E-state index contributed by atoms with van der Waals surface area (Å²) in [6, 6.07) is 0. The zero-order chi connectivity index (χ0) is 13.5. The smallest absolute Gasteiger partial charge is 0.313 e. The van der Waals surface area contributed by atoms with Crippen LogP contribution in [0.5, 0.6) is 0 Å². The van der Waals surface area contributed by atoms with Crippen LogP contribution in [0.4, 0.5) is 0 Å². The van der Waals surface area contributed by atoms with Crippen LogP contribution in [0, 0.1) is 0 Å². The lowest BCUT2D eigenvalue weighted by Gasteiger charge is -2.39. The number of hydrogen-bond acceptors (Lipinski definition) is 9. The Labute approximate surface area is 128 Å². The fourth-order valence-electron chi connectivity index (χ4n) is 0.811. The minimum atomic E-state index is -0.881. The Bertz CT molecular complexity index is 293. The molecule has 0 spiro atoms. The second kappa shape index (κ2) is 7.95. The molecule has 0 amide bonds. The number of aliphatic imine (C=N–C) groups is 1. The molecule has 0 bridgehead atoms. The van der Waals surface area contributed by atoms with Crippen LogP contribution >= 0.6 is 63.1 Å². The van der Waals surface area contributed by atoms with E-state index in [-0.39, 0.29) is 5.75 Å². The zero-order valence-electron chi connectivity index (χ0n) is 8.74. The Balaban J connectivity index is 0.000000437. The second-order valence-corrected chi connectivity index (χ2v) is 5.52. The van der Waals surface area contributed by atoms with Crippen molar-refractivity contribution in [2.24, 2.45) is 4.99 Å². The third-order valence-corrected chi connectivity index (χ3v) is 4.06. The molecule has 17 heavy (non-hydrogen) atoms. The standard InChI is InChI=1S/C5H11N3S4.C2H4O2S/c9-1-4(11)6-3-7-5(12,2-10)8-4;3-2(4)1-5/h3,8-12H,1-2H2,(H,6,7);5H,1H2,(H,3,4). The highest BCUT2D eigenvalue weighted by Gasteiger charge is 2.36. The molecule has 0 saturated heterocycles. The minimum Gasteiger partial charge on any atom is -0.481 e. The maximum Gasteiger partial charge on any atom is 0.313 e. The molecule has 1 aliphatic heterocycles. The number of aliphatic carboxylic acids is 1. The summed E-state index contributed by atoms with van der Waals surface area (Å²) in [5.41, 5.74) is 0. The first kappa shape index (κ1) is 17.6. The van der Waals surface area contributed by atoms with E-state index in [2.05, 4.69) is 78.8 Å². The van der Waals surface area contributed by atoms with Crippen molar-refractivity contribution in [2.45, 2.75) is 9.99 Å². The zero-order valence-corrected chi connectivity index (χ0v) is 13.2. The maximum atomic E-state index is 9.29. The van der Waals surface area contributed by atoms with Gasteiger partial charge in [0.1, 0.15) is 4.99 Å². The summed E-state index contributed by atoms with van der Waals surface area (Å²) in [4.78, 5) is 12.2. The summed E-state index contributed by atoms with van der Waals surface area (Å²) in [5, 5.41) is 13.7. The lowest BCUT2D eigenvalue weighted by molar-refractivity contribution is -0.133. The van der Waals surface area contributed by atoms with E-state index in [0.717, 1.165) is 0 Å². The normalized spacial score (nSPS) is 31.1. The molecule has 10 heteroatoms. The number of thiol groups is 5. The summed E-state index contributed by atoms with van der Waals surface area (Å²) >= 11 is 20.3. The van der Waals surface area contributed by atoms with Gasteiger partial charge in [0.05, 0.1) is 12.1 Å². The number of nitrogens with one attached hydrogen (secondary N) is 2. The van der Waals surface area contributed by atoms with E-state index < -0.39 is 16.0 Å². The number of carboxylic acid groups (broad SMARTS) is 1. The average Bonchev–Trinajstić information content (AvgIpc) is 2.30. The predicted molar refractivity (Wildman–Crippen MR) is 87.4 cm³/mol. The third-order valence-electron chi connectivity index (χ3n) is 1.57. The summed E-state index contributed by atoms with van der Waals surface area (Å²) in [5.74, 6) is 0.0520. The first-order valence-corrected chi connectivity index (χ1v) is 7.20. The van der Waals surface area contributed by atoms with E-state index in [1.54, 1.807) is 6.34 Å². The number of carboxylic acids is 1. The molecule has 0 aromatic rings. The van der Waals surface area contributed by atoms with E-state index in [0.29, 0.717) is 11.5 Å². The third kappa shape index (κ3) is 6.97. The molecule has 0 fully saturated rings. The van der Waals surface area contributed by atoms with E-state index in [1.807, 2.05) is 0 Å². The van der Waals surface area contributed by atoms with Crippen LogP contribution in [0.2, 0.25) is 0 Å². The van der Waals surface area contributed by atoms with Crippen LogP contribution in [0.25, 0.3) is 0 Å². The van der Waals surface area contributed by atoms with Crippen LogP contribution < -0.4 is 10.6 Å². The lowest BCUT2D eigenvalue weighted by atomic mass is 10.4. The SMILES string of the molecule is O=C(O)CS.SCC1(S)N=CNC(S)(CS)N1. The Morgan fingerprint density at radius 3 is 2.18 bits per heavy atom. The van der Waals surface area contributed by atoms with Crippen molar-refractivity contribution < 1.29 is 9.90 Å². The molecular weight excluding hydrogens is 318 g/mol. The van der Waals surface area contributed by atoms with Crippen LogP contribution in [0.1, 0.15) is 0 Å². The Morgan fingerprint density at radius 1 is 1.29 bits per heavy atom. The fourth-order valence-corrected chi connectivity index (χ4v) is 1.72. The van der Waals surface area contributed by atoms with Crippen molar-refractivity contribution in [1.82, 2.24) is 10.6 Å². The van der Waals surface area contributed by atoms with Crippen molar-refractivity contribution in [3.63, 3.8) is 0 Å². The van der Waals surface area contributed by atoms with Crippen LogP contribution in [0.15, 0.2) is 4.99 Å². The molecule has 2 unspecified atom stereocenters. The van der Waals surface area contributed by atoms with Gasteiger partial charge in [0.2, 0.25) is 0 Å². The van der Waals surface area contributed by atoms with Crippen LogP contribution in [0.3, 0.4) is 0 Å². The summed E-state index contributed by atoms with van der Waals surface area (Å²) < 4.78 is 0. The summed E-state index contributed by atoms with van der Waals surface area (Å²) in [7, 11) is 0. The monoisotopic (exact) mass is 333 g/mol. The molecular formula is C7H15N3O2S5. The highest BCUT2D eigenvalue weighted by atomic mass is 32.1. The van der Waals surface area contributed by atoms with Gasteiger partial charge in [0, 0.05) is 11.5 Å². The lowest BCUT2D eigenvalue weighted by Crippen LogP contribution is -2.64. The van der Waals surface area contributed by atoms with Crippen molar-refractivity contribution in [3.05, 3.63) is 0 Å². The number of carbonyl (C=O) groups is 1. The topological polar surface area (TPSA) is 73.7 Å². The van der Waals surface area contributed by atoms with Crippen molar-refractivity contribution in [3.8, 4) is 0 Å². The summed E-state index contributed by atoms with van der Waals surface area (Å²) in [6.45, 7) is 0. The maximum absolute atomic E-state index is 9.29. The molecule has 100 valence electrons. The van der Waals surface area contributed by atoms with Gasteiger partial charge in [-0.15, -0.1) is 25.3 Å². The Kier molecular flexibility index (Phi) is 8.25. The molecule has 5 nitrogen and oxygen atoms in total. The summed E-state index contributed by atoms with van der Waals surface area (Å²) in [6.07, 6.45) is 1.57. The van der Waals surface area contributed by atoms with Gasteiger partial charge in [0.25, 0.3) is 0 Å². The molecule has 0 aromatic carbocycles. The first-order valence-electron chi connectivity index (χ1n) is 4.40. The minimum absolute atomic E-state index is 0.0833. The molecule has 3 N–H and O–H groups in total. The fraction of sp³-hybridized carbons (Fsp3) is 0.714. The highest BCUT2D eigenvalue weighted by Crippen LogP contribution is 2.23. The van der Waals surface area contributed by atoms with Crippen molar-refractivity contribution >= 4 is 75.5 Å². The van der Waals surface area contributed by atoms with Gasteiger partial charge in [-0.25, -0.2) is 4.99 Å². The van der Waals surface area contributed by atoms with E-state index in [4.69, 9.17) is 5.11 Å². The largest absolute Gasteiger partial charge is 0.481 e. The number of rotatable bonds is 3. The van der Waals surface area contributed by atoms with Gasteiger partial charge in [-0.05, 0) is 0 Å². The van der Waals surface area contributed by atoms with Crippen LogP contribution in [-0.4, -0.2) is 44.7 Å². The molecule has 0 aromatic heterocycles. The molecule has 0 aliphatic carbocycles. The van der Waals surface area contributed by atoms with Crippen LogP contribution in [-0.2, 0) is 4.79 Å².